The Kier molecular flexibility index (Phi) is 5.57. The summed E-state index contributed by atoms with van der Waals surface area (Å²) in [5.41, 5.74) is 7.88. The SMILES string of the molecule is CO[C@H]1CCN(c2cc3c(N[C@@H]4C[C@@H]5CN(S(C)(=O)=O)C[C@H]5[C@@H]4C)c(C(N)=O)cnn3c2)C1=O. The second-order valence-electron chi connectivity index (χ2n) is 9.68. The number of hydrogen-bond acceptors (Lipinski definition) is 7. The number of nitrogens with one attached hydrogen (secondary N) is 1. The topological polar surface area (TPSA) is 139 Å². The van der Waals surface area contributed by atoms with Gasteiger partial charge in [-0.3, -0.25) is 9.59 Å². The van der Waals surface area contributed by atoms with Gasteiger partial charge >= 0.3 is 0 Å². The van der Waals surface area contributed by atoms with E-state index in [0.717, 1.165) is 6.42 Å². The second kappa shape index (κ2) is 8.21. The molecule has 5 atom stereocenters. The van der Waals surface area contributed by atoms with E-state index in [1.807, 2.05) is 6.07 Å². The molecule has 4 heterocycles. The number of ether oxygens (including phenoxy) is 1. The largest absolute Gasteiger partial charge is 0.380 e. The first kappa shape index (κ1) is 23.1. The van der Waals surface area contributed by atoms with Crippen molar-refractivity contribution in [1.82, 2.24) is 13.9 Å². The molecule has 3 fully saturated rings. The molecule has 2 aromatic rings. The lowest BCUT2D eigenvalue weighted by molar-refractivity contribution is -0.125. The van der Waals surface area contributed by atoms with Crippen LogP contribution in [0.5, 0.6) is 0 Å². The highest BCUT2D eigenvalue weighted by atomic mass is 32.2. The summed E-state index contributed by atoms with van der Waals surface area (Å²) >= 11 is 0. The minimum Gasteiger partial charge on any atom is -0.380 e. The van der Waals surface area contributed by atoms with Gasteiger partial charge in [0, 0.05) is 39.2 Å². The Balaban J connectivity index is 1.45. The van der Waals surface area contributed by atoms with Crippen molar-refractivity contribution >= 4 is 38.7 Å². The van der Waals surface area contributed by atoms with Crippen LogP contribution in [0.15, 0.2) is 18.5 Å². The molecule has 2 saturated heterocycles. The minimum atomic E-state index is -3.21. The van der Waals surface area contributed by atoms with Crippen molar-refractivity contribution in [2.75, 3.05) is 43.2 Å². The number of amides is 2. The van der Waals surface area contributed by atoms with E-state index in [1.165, 1.54) is 19.6 Å². The van der Waals surface area contributed by atoms with Crippen molar-refractivity contribution in [2.45, 2.75) is 31.9 Å². The van der Waals surface area contributed by atoms with Crippen molar-refractivity contribution in [3.8, 4) is 0 Å². The first-order chi connectivity index (χ1) is 16.1. The highest BCUT2D eigenvalue weighted by Crippen LogP contribution is 2.44. The number of carbonyl (C=O) groups is 2. The van der Waals surface area contributed by atoms with Crippen molar-refractivity contribution in [2.24, 2.45) is 23.5 Å². The molecule has 11 nitrogen and oxygen atoms in total. The molecule has 0 aromatic carbocycles. The number of carbonyl (C=O) groups excluding carboxylic acids is 2. The number of nitrogens with zero attached hydrogens (tertiary/aromatic N) is 4. The smallest absolute Gasteiger partial charge is 0.256 e. The van der Waals surface area contributed by atoms with E-state index in [2.05, 4.69) is 17.3 Å². The zero-order valence-electron chi connectivity index (χ0n) is 19.5. The predicted molar refractivity (Wildman–Crippen MR) is 126 cm³/mol. The number of aromatic nitrogens is 2. The van der Waals surface area contributed by atoms with Crippen LogP contribution in [-0.2, 0) is 19.6 Å². The molecule has 0 unspecified atom stereocenters. The third-order valence-electron chi connectivity index (χ3n) is 7.76. The van der Waals surface area contributed by atoms with Gasteiger partial charge < -0.3 is 20.7 Å². The van der Waals surface area contributed by atoms with Crippen LogP contribution in [0.3, 0.4) is 0 Å². The maximum Gasteiger partial charge on any atom is 0.256 e. The van der Waals surface area contributed by atoms with Gasteiger partial charge in [0.2, 0.25) is 10.0 Å². The normalized spacial score (nSPS) is 29.8. The molecular weight excluding hydrogens is 460 g/mol. The van der Waals surface area contributed by atoms with E-state index >= 15 is 0 Å². The van der Waals surface area contributed by atoms with E-state index < -0.39 is 22.0 Å². The Morgan fingerprint density at radius 2 is 2.09 bits per heavy atom. The number of sulfonamides is 1. The minimum absolute atomic E-state index is 0.0469. The maximum absolute atomic E-state index is 12.6. The Labute approximate surface area is 198 Å². The van der Waals surface area contributed by atoms with Crippen LogP contribution in [0, 0.1) is 17.8 Å². The summed E-state index contributed by atoms with van der Waals surface area (Å²) in [6.45, 7) is 3.70. The van der Waals surface area contributed by atoms with Crippen LogP contribution in [0.25, 0.3) is 5.52 Å². The molecule has 3 aliphatic rings. The standard InChI is InChI=1S/C22H30N6O5S/c1-12-16-11-26(34(3,31)32)9-13(16)6-17(12)25-20-15(21(23)29)8-24-28-10-14(7-18(20)28)27-5-4-19(33-2)22(27)30/h7-8,10,12-13,16-17,19,25H,4-6,9,11H2,1-3H3,(H2,23,29)/t12-,13+,16-,17+,19-/m0/s1. The molecule has 34 heavy (non-hydrogen) atoms. The Bertz CT molecular complexity index is 1260. The van der Waals surface area contributed by atoms with Gasteiger partial charge in [0.25, 0.3) is 11.8 Å². The molecule has 1 aliphatic carbocycles. The lowest BCUT2D eigenvalue weighted by Gasteiger charge is -2.25. The van der Waals surface area contributed by atoms with Crippen LogP contribution in [0.2, 0.25) is 0 Å². The third kappa shape index (κ3) is 3.73. The van der Waals surface area contributed by atoms with Crippen LogP contribution >= 0.6 is 0 Å². The molecule has 2 aliphatic heterocycles. The van der Waals surface area contributed by atoms with Crippen LogP contribution in [-0.4, -0.2) is 79.3 Å². The van der Waals surface area contributed by atoms with E-state index in [1.54, 1.807) is 19.9 Å². The Morgan fingerprint density at radius 3 is 2.71 bits per heavy atom. The van der Waals surface area contributed by atoms with Gasteiger partial charge in [0.1, 0.15) is 6.10 Å². The van der Waals surface area contributed by atoms with Gasteiger partial charge in [-0.25, -0.2) is 17.2 Å². The summed E-state index contributed by atoms with van der Waals surface area (Å²) in [6, 6.07) is 1.88. The van der Waals surface area contributed by atoms with Crippen molar-refractivity contribution in [1.29, 1.82) is 0 Å². The number of anilines is 2. The number of hydrogen-bond donors (Lipinski definition) is 2. The lowest BCUT2D eigenvalue weighted by atomic mass is 9.93. The van der Waals surface area contributed by atoms with Gasteiger partial charge in [-0.1, -0.05) is 6.92 Å². The number of fused-ring (bicyclic) bond motifs is 2. The summed E-state index contributed by atoms with van der Waals surface area (Å²) in [5, 5.41) is 7.88. The number of rotatable bonds is 6. The molecule has 3 N–H and O–H groups in total. The molecular formula is C22H30N6O5S. The van der Waals surface area contributed by atoms with Crippen molar-refractivity contribution in [3.63, 3.8) is 0 Å². The van der Waals surface area contributed by atoms with E-state index in [9.17, 15) is 18.0 Å². The molecule has 5 rings (SSSR count). The quantitative estimate of drug-likeness (QED) is 0.601. The van der Waals surface area contributed by atoms with Gasteiger partial charge in [-0.05, 0) is 30.2 Å². The Hall–Kier alpha value is -2.70. The van der Waals surface area contributed by atoms with Crippen molar-refractivity contribution < 1.29 is 22.7 Å². The molecule has 12 heteroatoms. The molecule has 2 amide bonds. The van der Waals surface area contributed by atoms with E-state index in [4.69, 9.17) is 10.5 Å². The fourth-order valence-electron chi connectivity index (χ4n) is 5.84. The third-order valence-corrected chi connectivity index (χ3v) is 9.00. The molecule has 184 valence electrons. The summed E-state index contributed by atoms with van der Waals surface area (Å²) in [5.74, 6) is 0.00908. The molecule has 1 saturated carbocycles. The first-order valence-corrected chi connectivity index (χ1v) is 13.3. The molecule has 0 radical (unpaired) electrons. The summed E-state index contributed by atoms with van der Waals surface area (Å²) < 4.78 is 32.5. The fourth-order valence-corrected chi connectivity index (χ4v) is 6.75. The first-order valence-electron chi connectivity index (χ1n) is 11.5. The lowest BCUT2D eigenvalue weighted by Crippen LogP contribution is -2.33. The van der Waals surface area contributed by atoms with Crippen LogP contribution in [0.4, 0.5) is 11.4 Å². The molecule has 0 bridgehead atoms. The monoisotopic (exact) mass is 490 g/mol. The zero-order chi connectivity index (χ0) is 24.4. The van der Waals surface area contributed by atoms with Gasteiger partial charge in [-0.15, -0.1) is 0 Å². The van der Waals surface area contributed by atoms with Gasteiger partial charge in [0.05, 0.1) is 41.1 Å². The summed E-state index contributed by atoms with van der Waals surface area (Å²) in [7, 11) is -1.68. The summed E-state index contributed by atoms with van der Waals surface area (Å²) in [6.07, 6.45) is 5.40. The highest BCUT2D eigenvalue weighted by Gasteiger charge is 2.48. The predicted octanol–water partition coefficient (Wildman–Crippen LogP) is 0.513. The average Bonchev–Trinajstić information content (AvgIpc) is 3.51. The number of primary amides is 1. The fraction of sp³-hybridized carbons (Fsp3) is 0.591. The van der Waals surface area contributed by atoms with Gasteiger partial charge in [0.15, 0.2) is 0 Å². The van der Waals surface area contributed by atoms with Gasteiger partial charge in [-0.2, -0.15) is 5.10 Å². The number of methoxy groups -OCH3 is 1. The molecule has 0 spiro atoms. The van der Waals surface area contributed by atoms with Crippen LogP contribution < -0.4 is 16.0 Å². The Morgan fingerprint density at radius 1 is 1.32 bits per heavy atom. The number of nitrogens with two attached hydrogens (primary N) is 1. The average molecular weight is 491 g/mol. The van der Waals surface area contributed by atoms with E-state index in [-0.39, 0.29) is 35.3 Å². The zero-order valence-corrected chi connectivity index (χ0v) is 20.3. The molecule has 2 aromatic heterocycles. The maximum atomic E-state index is 12.6. The van der Waals surface area contributed by atoms with E-state index in [0.29, 0.717) is 42.9 Å². The van der Waals surface area contributed by atoms with Crippen molar-refractivity contribution in [3.05, 3.63) is 24.0 Å². The van der Waals surface area contributed by atoms with Crippen LogP contribution in [0.1, 0.15) is 30.1 Å². The summed E-state index contributed by atoms with van der Waals surface area (Å²) in [4.78, 5) is 26.6. The second-order valence-corrected chi connectivity index (χ2v) is 11.7. The highest BCUT2D eigenvalue weighted by molar-refractivity contribution is 7.88.